The van der Waals surface area contributed by atoms with Crippen molar-refractivity contribution in [3.8, 4) is 0 Å². The van der Waals surface area contributed by atoms with E-state index in [0.717, 1.165) is 0 Å². The fraction of sp³-hybridized carbons (Fsp3) is 0. The van der Waals surface area contributed by atoms with Gasteiger partial charge in [-0.05, 0) is 11.0 Å². The van der Waals surface area contributed by atoms with E-state index in [1.54, 1.807) is 0 Å². The average molecular weight is 153 g/mol. The van der Waals surface area contributed by atoms with Crippen LogP contribution in [0.5, 0.6) is 0 Å². The zero-order valence-corrected chi connectivity index (χ0v) is 3.67. The Hall–Kier alpha value is 2.16. The molecule has 0 saturated heterocycles. The molecule has 0 aliphatic carbocycles. The van der Waals surface area contributed by atoms with Gasteiger partial charge >= 0.3 is 37.7 Å². The molecule has 0 amide bonds. The number of hydrogen-bond donors (Lipinski definition) is 0. The van der Waals surface area contributed by atoms with Crippen molar-refractivity contribution in [1.82, 2.24) is 0 Å². The van der Waals surface area contributed by atoms with Gasteiger partial charge in [-0.2, -0.15) is 0 Å². The Balaban J connectivity index is 0. The van der Waals surface area contributed by atoms with Crippen molar-refractivity contribution in [3.63, 3.8) is 0 Å². The second-order valence-corrected chi connectivity index (χ2v) is 0. The molecule has 4 heteroatoms. The molecular weight excluding hydrogens is 144 g/mol. The van der Waals surface area contributed by atoms with Gasteiger partial charge < -0.3 is 0 Å². The van der Waals surface area contributed by atoms with Crippen LogP contribution in [0.4, 0.5) is 0 Å². The van der Waals surface area contributed by atoms with Gasteiger partial charge in [0.05, 0.1) is 8.41 Å². The largest absolute Gasteiger partial charge is 0.0149 e. The molecule has 0 heterocycles. The predicted octanol–water partition coefficient (Wildman–Crippen LogP) is -3.55. The van der Waals surface area contributed by atoms with E-state index < -0.39 is 0 Å². The Labute approximate surface area is 75.5 Å². The van der Waals surface area contributed by atoms with Crippen LogP contribution in [0, 0.1) is 0 Å². The standard InChI is InChI=1S/BH3.Ca.H4Si.Zn.2H/h1H3;;1H4;;;. The van der Waals surface area contributed by atoms with E-state index >= 15 is 0 Å². The molecule has 0 bridgehead atoms. The van der Waals surface area contributed by atoms with Crippen LogP contribution in [0.25, 0.3) is 0 Å². The molecule has 4 heavy (non-hydrogen) atoms. The maximum atomic E-state index is 0. The molecule has 0 aliphatic rings. The van der Waals surface area contributed by atoms with Gasteiger partial charge in [0.25, 0.3) is 0 Å². The predicted molar refractivity (Wildman–Crippen MR) is 29.8 cm³/mol. The van der Waals surface area contributed by atoms with Gasteiger partial charge in [-0.15, -0.1) is 0 Å². The average Bonchev–Trinajstić information content (AvgIpc) is 0. The van der Waals surface area contributed by atoms with Crippen molar-refractivity contribution < 1.29 is 19.5 Å². The summed E-state index contributed by atoms with van der Waals surface area (Å²) in [6.45, 7) is 0. The van der Waals surface area contributed by atoms with Crippen molar-refractivity contribution >= 4 is 57.1 Å². The first-order valence-electron chi connectivity index (χ1n) is 0. The van der Waals surface area contributed by atoms with Gasteiger partial charge in [0, 0.05) is 19.5 Å². The quantitative estimate of drug-likeness (QED) is 0.316. The third-order valence-electron chi connectivity index (χ3n) is 0. The van der Waals surface area contributed by atoms with Gasteiger partial charge in [0.1, 0.15) is 0 Å². The SMILES string of the molecule is B.[CaH2].[SiH4].[Zn]. The van der Waals surface area contributed by atoms with Crippen LogP contribution in [0.3, 0.4) is 0 Å². The van der Waals surface area contributed by atoms with Crippen LogP contribution in [-0.2, 0) is 19.5 Å². The molecule has 0 rings (SSSR count). The molecule has 0 N–H and O–H groups in total. The Morgan fingerprint density at radius 1 is 1.00 bits per heavy atom. The van der Waals surface area contributed by atoms with Crippen molar-refractivity contribution in [1.29, 1.82) is 0 Å². The smallest absolute Gasteiger partial charge is 0 e. The fourth-order valence-corrected chi connectivity index (χ4v) is 0. The van der Waals surface area contributed by atoms with Gasteiger partial charge in [0.15, 0.2) is 0 Å². The van der Waals surface area contributed by atoms with Crippen molar-refractivity contribution in [2.45, 2.75) is 0 Å². The summed E-state index contributed by atoms with van der Waals surface area (Å²) in [5.41, 5.74) is 0. The molecule has 0 atom stereocenters. The van der Waals surface area contributed by atoms with Crippen LogP contribution in [-0.4, -0.2) is 57.1 Å². The first-order chi connectivity index (χ1) is 0. The molecule has 0 spiro atoms. The number of rotatable bonds is 0. The molecule has 0 aromatic carbocycles. The molecule has 0 nitrogen and oxygen atoms in total. The Kier molecular flexibility index (Phi) is 168. The second kappa shape index (κ2) is 19.1. The van der Waals surface area contributed by atoms with E-state index in [9.17, 15) is 0 Å². The first kappa shape index (κ1) is 35.1. The van der Waals surface area contributed by atoms with Crippen molar-refractivity contribution in [3.05, 3.63) is 0 Å². The van der Waals surface area contributed by atoms with E-state index in [2.05, 4.69) is 0 Å². The van der Waals surface area contributed by atoms with Gasteiger partial charge in [-0.1, -0.05) is 0 Å². The zero-order valence-electron chi connectivity index (χ0n) is 0.707. The second-order valence-electron chi connectivity index (χ2n) is 0. The van der Waals surface area contributed by atoms with Gasteiger partial charge in [-0.25, -0.2) is 0 Å². The summed E-state index contributed by atoms with van der Waals surface area (Å²) in [6.07, 6.45) is 0. The van der Waals surface area contributed by atoms with Crippen LogP contribution in [0.2, 0.25) is 0 Å². The van der Waals surface area contributed by atoms with Gasteiger partial charge in [-0.3, -0.25) is 0 Å². The summed E-state index contributed by atoms with van der Waals surface area (Å²) >= 11 is 0. The Morgan fingerprint density at radius 2 is 1.00 bits per heavy atom. The van der Waals surface area contributed by atoms with Crippen molar-refractivity contribution in [2.24, 2.45) is 0 Å². The Morgan fingerprint density at radius 3 is 1.00 bits per heavy atom. The van der Waals surface area contributed by atoms with E-state index in [1.165, 1.54) is 0 Å². The molecule has 0 aromatic heterocycles. The van der Waals surface area contributed by atoms with E-state index in [-0.39, 0.29) is 76.6 Å². The van der Waals surface area contributed by atoms with Crippen LogP contribution < -0.4 is 0 Å². The summed E-state index contributed by atoms with van der Waals surface area (Å²) in [5, 5.41) is 0. The first-order valence-corrected chi connectivity index (χ1v) is 0. The van der Waals surface area contributed by atoms with E-state index in [4.69, 9.17) is 0 Å². The normalized spacial score (nSPS) is 0. The summed E-state index contributed by atoms with van der Waals surface area (Å²) in [7, 11) is 0. The summed E-state index contributed by atoms with van der Waals surface area (Å²) in [4.78, 5) is 0. The van der Waals surface area contributed by atoms with E-state index in [1.807, 2.05) is 0 Å². The van der Waals surface area contributed by atoms with Crippen LogP contribution in [0.1, 0.15) is 0 Å². The summed E-state index contributed by atoms with van der Waals surface area (Å²) in [5.74, 6) is 0. The number of hydrogen-bond acceptors (Lipinski definition) is 0. The van der Waals surface area contributed by atoms with Gasteiger partial charge in [0.2, 0.25) is 0 Å². The minimum Gasteiger partial charge on any atom is -0.0149 e. The summed E-state index contributed by atoms with van der Waals surface area (Å²) in [6, 6.07) is 0. The minimum atomic E-state index is 0. The molecule has 0 fully saturated rings. The monoisotopic (exact) mass is 152 g/mol. The van der Waals surface area contributed by atoms with E-state index in [0.29, 0.717) is 0 Å². The molecule has 0 aromatic rings. The third-order valence-corrected chi connectivity index (χ3v) is 0. The molecular formula is H9BCaSiZn. The maximum Gasteiger partial charge on any atom is 0 e. The summed E-state index contributed by atoms with van der Waals surface area (Å²) < 4.78 is 0. The van der Waals surface area contributed by atoms with Crippen molar-refractivity contribution in [2.75, 3.05) is 0 Å². The van der Waals surface area contributed by atoms with Crippen LogP contribution >= 0.6 is 0 Å². The zero-order chi connectivity index (χ0) is 0. The fourth-order valence-electron chi connectivity index (χ4n) is 0. The maximum absolute atomic E-state index is 0. The molecule has 0 aliphatic heterocycles. The molecule has 0 radical (unpaired) electrons. The van der Waals surface area contributed by atoms with Crippen LogP contribution in [0.15, 0.2) is 0 Å². The molecule has 0 unspecified atom stereocenters. The molecule has 0 saturated carbocycles. The third kappa shape index (κ3) is 8.90. The minimum absolute atomic E-state index is 0. The Bertz CT molecular complexity index is 8.00. The molecule has 20 valence electrons. The topological polar surface area (TPSA) is 0 Å².